The third-order valence-electron chi connectivity index (χ3n) is 2.61. The molecule has 0 spiro atoms. The van der Waals surface area contributed by atoms with Gasteiger partial charge in [-0.3, -0.25) is 4.98 Å². The van der Waals surface area contributed by atoms with Gasteiger partial charge in [0.15, 0.2) is 0 Å². The molecule has 0 saturated heterocycles. The number of nitrogens with zero attached hydrogens (tertiary/aromatic N) is 1. The van der Waals surface area contributed by atoms with Crippen molar-refractivity contribution < 1.29 is 4.55 Å². The van der Waals surface area contributed by atoms with E-state index < -0.39 is 11.2 Å². The van der Waals surface area contributed by atoms with Gasteiger partial charge in [0.1, 0.15) is 11.5 Å². The van der Waals surface area contributed by atoms with Crippen LogP contribution >= 0.6 is 0 Å². The molecule has 1 unspecified atom stereocenters. The molecule has 2 rings (SSSR count). The molecule has 0 bridgehead atoms. The molecule has 2 nitrogen and oxygen atoms in total. The quantitative estimate of drug-likeness (QED) is 0.663. The van der Waals surface area contributed by atoms with E-state index in [4.69, 9.17) is 0 Å². The van der Waals surface area contributed by atoms with E-state index in [2.05, 4.69) is 24.9 Å². The first-order chi connectivity index (χ1) is 6.66. The van der Waals surface area contributed by atoms with Gasteiger partial charge in [-0.25, -0.2) is 0 Å². The van der Waals surface area contributed by atoms with Crippen molar-refractivity contribution in [2.24, 2.45) is 0 Å². The summed E-state index contributed by atoms with van der Waals surface area (Å²) in [6.45, 7) is 4.30. The molecule has 0 fully saturated rings. The normalized spacial score (nSPS) is 21.0. The number of hydrogen-bond acceptors (Lipinski definition) is 2. The fourth-order valence-electron chi connectivity index (χ4n) is 1.69. The second-order valence-electron chi connectivity index (χ2n) is 4.07. The van der Waals surface area contributed by atoms with Crippen LogP contribution in [0, 0.1) is 0 Å². The molecule has 0 saturated carbocycles. The first-order valence-electron chi connectivity index (χ1n) is 4.99. The molecule has 3 heteroatoms. The molecule has 1 aromatic rings. The Bertz CT molecular complexity index is 338. The highest BCUT2D eigenvalue weighted by Crippen LogP contribution is 2.22. The number of aryl methyl sites for hydroxylation is 1. The monoisotopic (exact) mass is 209 g/mol. The Balaban J connectivity index is 2.31. The molecule has 1 aliphatic heterocycles. The summed E-state index contributed by atoms with van der Waals surface area (Å²) in [6.07, 6.45) is 2.85. The van der Waals surface area contributed by atoms with Gasteiger partial charge in [0.2, 0.25) is 0 Å². The predicted octanol–water partition coefficient (Wildman–Crippen LogP) is 2.01. The van der Waals surface area contributed by atoms with E-state index in [1.807, 2.05) is 6.20 Å². The molecular weight excluding hydrogens is 194 g/mol. The lowest BCUT2D eigenvalue weighted by Gasteiger charge is -2.20. The van der Waals surface area contributed by atoms with E-state index in [0.717, 1.165) is 17.9 Å². The lowest BCUT2D eigenvalue weighted by Crippen LogP contribution is -2.19. The minimum Gasteiger partial charge on any atom is -0.616 e. The third kappa shape index (κ3) is 1.93. The summed E-state index contributed by atoms with van der Waals surface area (Å²) in [5.74, 6) is 1.99. The van der Waals surface area contributed by atoms with Crippen molar-refractivity contribution in [3.05, 3.63) is 29.1 Å². The van der Waals surface area contributed by atoms with Gasteiger partial charge < -0.3 is 4.55 Å². The number of aromatic nitrogens is 1. The Hall–Kier alpha value is -0.540. The summed E-state index contributed by atoms with van der Waals surface area (Å²) in [7, 11) is 0. The zero-order chi connectivity index (χ0) is 10.1. The Morgan fingerprint density at radius 3 is 2.93 bits per heavy atom. The highest BCUT2D eigenvalue weighted by atomic mass is 32.2. The van der Waals surface area contributed by atoms with Crippen LogP contribution in [0.3, 0.4) is 0 Å². The lowest BCUT2D eigenvalue weighted by atomic mass is 10.0. The fraction of sp³-hybridized carbons (Fsp3) is 0.545. The van der Waals surface area contributed by atoms with Crippen LogP contribution in [-0.2, 0) is 23.3 Å². The highest BCUT2D eigenvalue weighted by Gasteiger charge is 2.19. The third-order valence-corrected chi connectivity index (χ3v) is 3.90. The molecular formula is C11H15NOS. The number of pyridine rings is 1. The summed E-state index contributed by atoms with van der Waals surface area (Å²) >= 11 is -0.659. The van der Waals surface area contributed by atoms with Crippen LogP contribution in [0.2, 0.25) is 0 Å². The minimum absolute atomic E-state index is 0.479. The Morgan fingerprint density at radius 1 is 1.43 bits per heavy atom. The lowest BCUT2D eigenvalue weighted by molar-refractivity contribution is 0.590. The maximum absolute atomic E-state index is 11.3. The van der Waals surface area contributed by atoms with E-state index in [9.17, 15) is 4.55 Å². The van der Waals surface area contributed by atoms with Crippen LogP contribution in [0.1, 0.15) is 36.6 Å². The molecule has 1 aliphatic rings. The maximum atomic E-state index is 11.3. The van der Waals surface area contributed by atoms with E-state index in [-0.39, 0.29) is 0 Å². The van der Waals surface area contributed by atoms with Gasteiger partial charge in [-0.05, 0) is 28.7 Å². The van der Waals surface area contributed by atoms with E-state index in [1.165, 1.54) is 11.1 Å². The largest absolute Gasteiger partial charge is 0.616 e. The van der Waals surface area contributed by atoms with Crippen molar-refractivity contribution in [3.8, 4) is 0 Å². The Morgan fingerprint density at radius 2 is 2.21 bits per heavy atom. The second-order valence-corrected chi connectivity index (χ2v) is 5.65. The van der Waals surface area contributed by atoms with Gasteiger partial charge in [-0.2, -0.15) is 0 Å². The standard InChI is InChI=1S/C11H15NOS/c1-8(2)11-5-9-3-4-14(13)7-10(9)6-12-11/h5-6,8H,3-4,7H2,1-2H3. The molecule has 1 aromatic heterocycles. The van der Waals surface area contributed by atoms with Crippen molar-refractivity contribution in [1.82, 2.24) is 4.98 Å². The SMILES string of the molecule is CC(C)c1cc2c(cn1)C[S+]([O-])CC2. The van der Waals surface area contributed by atoms with E-state index >= 15 is 0 Å². The van der Waals surface area contributed by atoms with Gasteiger partial charge in [0.05, 0.1) is 0 Å². The summed E-state index contributed by atoms with van der Waals surface area (Å²) in [5.41, 5.74) is 3.68. The minimum atomic E-state index is -0.659. The van der Waals surface area contributed by atoms with Gasteiger partial charge in [-0.15, -0.1) is 0 Å². The van der Waals surface area contributed by atoms with Crippen LogP contribution in [-0.4, -0.2) is 15.3 Å². The smallest absolute Gasteiger partial charge is 0.132 e. The number of rotatable bonds is 1. The van der Waals surface area contributed by atoms with Crippen LogP contribution in [0.15, 0.2) is 12.3 Å². The highest BCUT2D eigenvalue weighted by molar-refractivity contribution is 7.90. The van der Waals surface area contributed by atoms with Crippen LogP contribution in [0.4, 0.5) is 0 Å². The molecule has 1 atom stereocenters. The van der Waals surface area contributed by atoms with Crippen LogP contribution in [0.25, 0.3) is 0 Å². The van der Waals surface area contributed by atoms with Crippen molar-refractivity contribution in [1.29, 1.82) is 0 Å². The molecule has 0 radical (unpaired) electrons. The maximum Gasteiger partial charge on any atom is 0.132 e. The van der Waals surface area contributed by atoms with Crippen LogP contribution in [0.5, 0.6) is 0 Å². The average Bonchev–Trinajstić information content (AvgIpc) is 2.16. The second kappa shape index (κ2) is 3.91. The van der Waals surface area contributed by atoms with Crippen molar-refractivity contribution >= 4 is 11.2 Å². The topological polar surface area (TPSA) is 36.0 Å². The number of fused-ring (bicyclic) bond motifs is 1. The summed E-state index contributed by atoms with van der Waals surface area (Å²) in [6, 6.07) is 2.18. The first-order valence-corrected chi connectivity index (χ1v) is 6.48. The van der Waals surface area contributed by atoms with Crippen molar-refractivity contribution in [2.75, 3.05) is 5.75 Å². The zero-order valence-corrected chi connectivity index (χ0v) is 9.43. The first kappa shape index (κ1) is 9.99. The van der Waals surface area contributed by atoms with E-state index in [1.54, 1.807) is 0 Å². The molecule has 76 valence electrons. The van der Waals surface area contributed by atoms with Gasteiger partial charge in [0.25, 0.3) is 0 Å². The summed E-state index contributed by atoms with van der Waals surface area (Å²) in [5, 5.41) is 0. The molecule has 14 heavy (non-hydrogen) atoms. The van der Waals surface area contributed by atoms with Crippen molar-refractivity contribution in [2.45, 2.75) is 31.9 Å². The predicted molar refractivity (Wildman–Crippen MR) is 58.7 cm³/mol. The average molecular weight is 209 g/mol. The Labute approximate surface area is 87.9 Å². The summed E-state index contributed by atoms with van der Waals surface area (Å²) in [4.78, 5) is 4.39. The van der Waals surface area contributed by atoms with Gasteiger partial charge >= 0.3 is 0 Å². The molecule has 0 aromatic carbocycles. The van der Waals surface area contributed by atoms with Gasteiger partial charge in [-0.1, -0.05) is 13.8 Å². The number of hydrogen-bond donors (Lipinski definition) is 0. The fourth-order valence-corrected chi connectivity index (χ4v) is 2.89. The summed E-state index contributed by atoms with van der Waals surface area (Å²) < 4.78 is 11.3. The zero-order valence-electron chi connectivity index (χ0n) is 8.62. The van der Waals surface area contributed by atoms with Crippen LogP contribution < -0.4 is 0 Å². The van der Waals surface area contributed by atoms with E-state index in [0.29, 0.717) is 11.7 Å². The molecule has 0 N–H and O–H groups in total. The Kier molecular flexibility index (Phi) is 2.79. The van der Waals surface area contributed by atoms with Gasteiger partial charge in [0, 0.05) is 23.9 Å². The van der Waals surface area contributed by atoms with Crippen molar-refractivity contribution in [3.63, 3.8) is 0 Å². The molecule has 0 aliphatic carbocycles. The molecule has 2 heterocycles. The molecule has 0 amide bonds.